The standard InChI is InChI=1S/C12H18N2O5S2/c1-10(2)9-19-7-6-14-21(17,18)12-5-3-4-11(8-12)20(13,15)16/h3-5,8,14H,1,6-7,9H2,2H3,(H2,13,15,16). The van der Waals surface area contributed by atoms with E-state index in [0.717, 1.165) is 11.6 Å². The lowest BCUT2D eigenvalue weighted by atomic mass is 10.4. The van der Waals surface area contributed by atoms with Crippen molar-refractivity contribution in [3.8, 4) is 0 Å². The Kier molecular flexibility index (Phi) is 6.05. The summed E-state index contributed by atoms with van der Waals surface area (Å²) in [6.07, 6.45) is 0. The summed E-state index contributed by atoms with van der Waals surface area (Å²) in [5.74, 6) is 0. The number of rotatable bonds is 8. The third-order valence-corrected chi connectivity index (χ3v) is 4.70. The lowest BCUT2D eigenvalue weighted by Crippen LogP contribution is -2.28. The number of sulfonamides is 2. The number of nitrogens with one attached hydrogen (secondary N) is 1. The summed E-state index contributed by atoms with van der Waals surface area (Å²) in [5, 5.41) is 4.97. The molecule has 0 fully saturated rings. The fourth-order valence-corrected chi connectivity index (χ4v) is 3.09. The van der Waals surface area contributed by atoms with E-state index in [9.17, 15) is 16.8 Å². The van der Waals surface area contributed by atoms with Gasteiger partial charge in [0.1, 0.15) is 0 Å². The van der Waals surface area contributed by atoms with E-state index in [0.29, 0.717) is 6.61 Å². The van der Waals surface area contributed by atoms with Gasteiger partial charge in [-0.25, -0.2) is 26.7 Å². The number of hydrogen-bond donors (Lipinski definition) is 2. The van der Waals surface area contributed by atoms with Gasteiger partial charge in [0.05, 0.1) is 23.0 Å². The SMILES string of the molecule is C=C(C)COCCNS(=O)(=O)c1cccc(S(N)(=O)=O)c1. The van der Waals surface area contributed by atoms with Crippen molar-refractivity contribution in [1.82, 2.24) is 4.72 Å². The molecule has 0 aliphatic heterocycles. The van der Waals surface area contributed by atoms with Crippen molar-refractivity contribution >= 4 is 20.0 Å². The van der Waals surface area contributed by atoms with E-state index in [1.165, 1.54) is 18.2 Å². The highest BCUT2D eigenvalue weighted by atomic mass is 32.2. The average molecular weight is 334 g/mol. The lowest BCUT2D eigenvalue weighted by Gasteiger charge is -2.08. The van der Waals surface area contributed by atoms with Crippen molar-refractivity contribution in [1.29, 1.82) is 0 Å². The van der Waals surface area contributed by atoms with Crippen LogP contribution in [0.1, 0.15) is 6.92 Å². The Morgan fingerprint density at radius 2 is 1.90 bits per heavy atom. The van der Waals surface area contributed by atoms with Crippen LogP contribution in [0.4, 0.5) is 0 Å². The normalized spacial score (nSPS) is 12.3. The molecule has 1 rings (SSSR count). The van der Waals surface area contributed by atoms with Crippen molar-refractivity contribution in [3.05, 3.63) is 36.4 Å². The van der Waals surface area contributed by atoms with Gasteiger partial charge in [-0.2, -0.15) is 0 Å². The smallest absolute Gasteiger partial charge is 0.240 e. The molecule has 0 unspecified atom stereocenters. The molecule has 0 saturated carbocycles. The monoisotopic (exact) mass is 334 g/mol. The zero-order chi connectivity index (χ0) is 16.1. The molecule has 0 heterocycles. The van der Waals surface area contributed by atoms with Gasteiger partial charge in [-0.1, -0.05) is 18.2 Å². The minimum absolute atomic E-state index is 0.0647. The van der Waals surface area contributed by atoms with Gasteiger partial charge in [0, 0.05) is 6.54 Å². The highest BCUT2D eigenvalue weighted by Gasteiger charge is 2.16. The van der Waals surface area contributed by atoms with Crippen molar-refractivity contribution in [3.63, 3.8) is 0 Å². The van der Waals surface area contributed by atoms with Gasteiger partial charge in [0.2, 0.25) is 20.0 Å². The molecule has 0 spiro atoms. The van der Waals surface area contributed by atoms with Crippen molar-refractivity contribution in [2.75, 3.05) is 19.8 Å². The van der Waals surface area contributed by atoms with E-state index >= 15 is 0 Å². The van der Waals surface area contributed by atoms with Crippen LogP contribution in [0.15, 0.2) is 46.2 Å². The zero-order valence-electron chi connectivity index (χ0n) is 11.6. The van der Waals surface area contributed by atoms with Crippen LogP contribution in [-0.2, 0) is 24.8 Å². The van der Waals surface area contributed by atoms with Crippen LogP contribution in [0.5, 0.6) is 0 Å². The third-order valence-electron chi connectivity index (χ3n) is 2.33. The van der Waals surface area contributed by atoms with E-state index < -0.39 is 20.0 Å². The quantitative estimate of drug-likeness (QED) is 0.520. The van der Waals surface area contributed by atoms with Crippen molar-refractivity contribution in [2.45, 2.75) is 16.7 Å². The van der Waals surface area contributed by atoms with Crippen molar-refractivity contribution < 1.29 is 21.6 Å². The van der Waals surface area contributed by atoms with Crippen LogP contribution in [-0.4, -0.2) is 36.6 Å². The second kappa shape index (κ2) is 7.14. The first-order valence-corrected chi connectivity index (χ1v) is 9.00. The van der Waals surface area contributed by atoms with Gasteiger partial charge in [0.25, 0.3) is 0 Å². The Balaban J connectivity index is 2.73. The maximum atomic E-state index is 12.0. The molecular formula is C12H18N2O5S2. The summed E-state index contributed by atoms with van der Waals surface area (Å²) >= 11 is 0. The molecule has 0 saturated heterocycles. The first-order chi connectivity index (χ1) is 9.63. The number of ether oxygens (including phenoxy) is 1. The third kappa shape index (κ3) is 5.94. The van der Waals surface area contributed by atoms with Crippen LogP contribution in [0, 0.1) is 0 Å². The van der Waals surface area contributed by atoms with Gasteiger partial charge in [-0.15, -0.1) is 0 Å². The molecule has 0 aliphatic carbocycles. The molecule has 0 radical (unpaired) electrons. The molecule has 0 aliphatic rings. The Bertz CT molecular complexity index is 711. The molecule has 21 heavy (non-hydrogen) atoms. The number of benzene rings is 1. The molecule has 9 heteroatoms. The van der Waals surface area contributed by atoms with E-state index in [-0.39, 0.29) is 22.9 Å². The second-order valence-corrected chi connectivity index (χ2v) is 7.76. The van der Waals surface area contributed by atoms with E-state index in [4.69, 9.17) is 9.88 Å². The van der Waals surface area contributed by atoms with Crippen LogP contribution < -0.4 is 9.86 Å². The van der Waals surface area contributed by atoms with Crippen LogP contribution >= 0.6 is 0 Å². The summed E-state index contributed by atoms with van der Waals surface area (Å²) in [4.78, 5) is -0.433. The lowest BCUT2D eigenvalue weighted by molar-refractivity contribution is 0.162. The minimum atomic E-state index is -3.95. The summed E-state index contributed by atoms with van der Waals surface area (Å²) in [7, 11) is -7.77. The van der Waals surface area contributed by atoms with Crippen molar-refractivity contribution in [2.24, 2.45) is 5.14 Å². The Morgan fingerprint density at radius 1 is 1.29 bits per heavy atom. The maximum Gasteiger partial charge on any atom is 0.240 e. The maximum absolute atomic E-state index is 12.0. The molecule has 0 bridgehead atoms. The first kappa shape index (κ1) is 17.8. The number of hydrogen-bond acceptors (Lipinski definition) is 5. The first-order valence-electron chi connectivity index (χ1n) is 5.97. The average Bonchev–Trinajstić information content (AvgIpc) is 2.37. The summed E-state index contributed by atoms with van der Waals surface area (Å²) in [6, 6.07) is 4.83. The fraction of sp³-hybridized carbons (Fsp3) is 0.333. The highest BCUT2D eigenvalue weighted by Crippen LogP contribution is 2.14. The predicted octanol–water partition coefficient (Wildman–Crippen LogP) is 0.205. The Hall–Kier alpha value is -1.26. The van der Waals surface area contributed by atoms with E-state index in [2.05, 4.69) is 11.3 Å². The molecule has 1 aromatic rings. The molecular weight excluding hydrogens is 316 g/mol. The minimum Gasteiger partial charge on any atom is -0.376 e. The molecule has 3 N–H and O–H groups in total. The van der Waals surface area contributed by atoms with E-state index in [1.807, 2.05) is 0 Å². The Labute approximate surface area is 124 Å². The van der Waals surface area contributed by atoms with Gasteiger partial charge in [-0.3, -0.25) is 0 Å². The van der Waals surface area contributed by atoms with Gasteiger partial charge in [-0.05, 0) is 25.1 Å². The molecule has 0 aromatic heterocycles. The molecule has 1 aromatic carbocycles. The summed E-state index contributed by atoms with van der Waals surface area (Å²) < 4.78 is 53.9. The second-order valence-electron chi connectivity index (χ2n) is 4.43. The molecule has 7 nitrogen and oxygen atoms in total. The number of nitrogens with two attached hydrogens (primary N) is 1. The Morgan fingerprint density at radius 3 is 2.48 bits per heavy atom. The molecule has 0 atom stereocenters. The highest BCUT2D eigenvalue weighted by molar-refractivity contribution is 7.90. The van der Waals surface area contributed by atoms with Gasteiger partial charge < -0.3 is 4.74 Å². The fourth-order valence-electron chi connectivity index (χ4n) is 1.40. The molecule has 0 amide bonds. The van der Waals surface area contributed by atoms with E-state index in [1.54, 1.807) is 6.92 Å². The summed E-state index contributed by atoms with van der Waals surface area (Å²) in [5.41, 5.74) is 0.832. The van der Waals surface area contributed by atoms with Crippen LogP contribution in [0.3, 0.4) is 0 Å². The van der Waals surface area contributed by atoms with Crippen LogP contribution in [0.25, 0.3) is 0 Å². The largest absolute Gasteiger partial charge is 0.376 e. The van der Waals surface area contributed by atoms with Crippen LogP contribution in [0.2, 0.25) is 0 Å². The molecule has 118 valence electrons. The summed E-state index contributed by atoms with van der Waals surface area (Å²) in [6.45, 7) is 6.04. The van der Waals surface area contributed by atoms with Gasteiger partial charge in [0.15, 0.2) is 0 Å². The number of primary sulfonamides is 1. The topological polar surface area (TPSA) is 116 Å². The zero-order valence-corrected chi connectivity index (χ0v) is 13.2. The van der Waals surface area contributed by atoms with Gasteiger partial charge >= 0.3 is 0 Å². The predicted molar refractivity (Wildman–Crippen MR) is 78.6 cm³/mol.